The highest BCUT2D eigenvalue weighted by Gasteiger charge is 2.07. The monoisotopic (exact) mass is 223 g/mol. The van der Waals surface area contributed by atoms with Crippen molar-refractivity contribution < 1.29 is 19.4 Å². The number of nitrogens with one attached hydrogen (secondary N) is 1. The predicted octanol–water partition coefficient (Wildman–Crippen LogP) is 1.07. The van der Waals surface area contributed by atoms with E-state index < -0.39 is 0 Å². The minimum atomic E-state index is -0.342. The van der Waals surface area contributed by atoms with E-state index in [1.54, 1.807) is 13.0 Å². The maximum atomic E-state index is 11.2. The summed E-state index contributed by atoms with van der Waals surface area (Å²) in [4.78, 5) is 21.4. The third-order valence-electron chi connectivity index (χ3n) is 1.93. The summed E-state index contributed by atoms with van der Waals surface area (Å²) in [6.07, 6.45) is 0.574. The van der Waals surface area contributed by atoms with Crippen molar-refractivity contribution in [2.45, 2.75) is 13.3 Å². The van der Waals surface area contributed by atoms with Crippen molar-refractivity contribution in [3.8, 4) is 5.75 Å². The lowest BCUT2D eigenvalue weighted by atomic mass is 10.1. The number of phenols is 1. The minimum absolute atomic E-state index is 0.0419. The number of aromatic hydroxyl groups is 1. The summed E-state index contributed by atoms with van der Waals surface area (Å²) >= 11 is 0. The van der Waals surface area contributed by atoms with Crippen molar-refractivity contribution in [2.75, 3.05) is 11.9 Å². The number of esters is 1. The summed E-state index contributed by atoms with van der Waals surface area (Å²) in [6.45, 7) is 2.06. The second-order valence-electron chi connectivity index (χ2n) is 3.10. The van der Waals surface area contributed by atoms with Gasteiger partial charge in [-0.3, -0.25) is 9.59 Å². The average Bonchev–Trinajstić information content (AvgIpc) is 2.24. The fourth-order valence-corrected chi connectivity index (χ4v) is 1.25. The van der Waals surface area contributed by atoms with E-state index in [0.717, 1.165) is 0 Å². The van der Waals surface area contributed by atoms with Crippen LogP contribution in [0.3, 0.4) is 0 Å². The zero-order valence-electron chi connectivity index (χ0n) is 8.90. The Bertz CT molecular complexity index is 390. The lowest BCUT2D eigenvalue weighted by Crippen LogP contribution is -2.07. The molecule has 0 aliphatic carbocycles. The van der Waals surface area contributed by atoms with Gasteiger partial charge in [-0.05, 0) is 24.6 Å². The fourth-order valence-electron chi connectivity index (χ4n) is 1.25. The molecule has 86 valence electrons. The van der Waals surface area contributed by atoms with Crippen LogP contribution in [0.15, 0.2) is 18.2 Å². The molecule has 5 heteroatoms. The SMILES string of the molecule is CCOC(=O)Cc1ccc(O)c(NC=O)c1. The fraction of sp³-hybridized carbons (Fsp3) is 0.273. The zero-order chi connectivity index (χ0) is 12.0. The number of benzene rings is 1. The maximum absolute atomic E-state index is 11.2. The van der Waals surface area contributed by atoms with Gasteiger partial charge in [-0.15, -0.1) is 0 Å². The summed E-state index contributed by atoms with van der Waals surface area (Å²) in [6, 6.07) is 4.54. The number of amides is 1. The van der Waals surface area contributed by atoms with Crippen LogP contribution in [-0.2, 0) is 20.7 Å². The molecule has 2 N–H and O–H groups in total. The van der Waals surface area contributed by atoms with Gasteiger partial charge in [0, 0.05) is 0 Å². The first-order valence-electron chi connectivity index (χ1n) is 4.85. The molecule has 0 saturated heterocycles. The lowest BCUT2D eigenvalue weighted by Gasteiger charge is -2.06. The smallest absolute Gasteiger partial charge is 0.310 e. The number of ether oxygens (including phenoxy) is 1. The number of hydrogen-bond donors (Lipinski definition) is 2. The molecule has 1 rings (SSSR count). The van der Waals surface area contributed by atoms with Crippen LogP contribution in [0.4, 0.5) is 5.69 Å². The topological polar surface area (TPSA) is 75.6 Å². The van der Waals surface area contributed by atoms with Crippen molar-refractivity contribution in [2.24, 2.45) is 0 Å². The maximum Gasteiger partial charge on any atom is 0.310 e. The van der Waals surface area contributed by atoms with Gasteiger partial charge < -0.3 is 15.2 Å². The van der Waals surface area contributed by atoms with Gasteiger partial charge in [-0.25, -0.2) is 0 Å². The first kappa shape index (κ1) is 12.0. The van der Waals surface area contributed by atoms with Crippen LogP contribution in [0, 0.1) is 0 Å². The molecular formula is C11H13NO4. The summed E-state index contributed by atoms with van der Waals surface area (Å²) in [5.41, 5.74) is 0.942. The second-order valence-corrected chi connectivity index (χ2v) is 3.10. The predicted molar refractivity (Wildman–Crippen MR) is 58.1 cm³/mol. The van der Waals surface area contributed by atoms with E-state index in [4.69, 9.17) is 4.74 Å². The minimum Gasteiger partial charge on any atom is -0.506 e. The molecular weight excluding hydrogens is 210 g/mol. The van der Waals surface area contributed by atoms with Gasteiger partial charge in [0.05, 0.1) is 18.7 Å². The lowest BCUT2D eigenvalue weighted by molar-refractivity contribution is -0.142. The molecule has 0 unspecified atom stereocenters. The molecule has 0 aromatic heterocycles. The van der Waals surface area contributed by atoms with Crippen LogP contribution >= 0.6 is 0 Å². The van der Waals surface area contributed by atoms with E-state index >= 15 is 0 Å². The first-order valence-corrected chi connectivity index (χ1v) is 4.85. The van der Waals surface area contributed by atoms with Gasteiger partial charge in [0.15, 0.2) is 0 Å². The molecule has 1 aromatic carbocycles. The van der Waals surface area contributed by atoms with Crippen LogP contribution in [-0.4, -0.2) is 24.1 Å². The molecule has 0 spiro atoms. The van der Waals surface area contributed by atoms with E-state index in [-0.39, 0.29) is 23.8 Å². The summed E-state index contributed by atoms with van der Waals surface area (Å²) in [7, 11) is 0. The van der Waals surface area contributed by atoms with Crippen LogP contribution in [0.5, 0.6) is 5.75 Å². The van der Waals surface area contributed by atoms with Gasteiger partial charge in [0.2, 0.25) is 6.41 Å². The second kappa shape index (κ2) is 5.75. The average molecular weight is 223 g/mol. The van der Waals surface area contributed by atoms with Gasteiger partial charge in [-0.1, -0.05) is 6.07 Å². The molecule has 1 aromatic rings. The molecule has 0 fully saturated rings. The Balaban J connectivity index is 2.77. The van der Waals surface area contributed by atoms with Gasteiger partial charge in [0.1, 0.15) is 5.75 Å². The van der Waals surface area contributed by atoms with E-state index in [1.807, 2.05) is 0 Å². The number of phenolic OH excluding ortho intramolecular Hbond substituents is 1. The zero-order valence-corrected chi connectivity index (χ0v) is 8.90. The highest BCUT2D eigenvalue weighted by Crippen LogP contribution is 2.23. The van der Waals surface area contributed by atoms with Gasteiger partial charge in [-0.2, -0.15) is 0 Å². The van der Waals surface area contributed by atoms with Gasteiger partial charge >= 0.3 is 5.97 Å². The number of carbonyl (C=O) groups excluding carboxylic acids is 2. The van der Waals surface area contributed by atoms with Crippen molar-refractivity contribution in [1.29, 1.82) is 0 Å². The number of hydrogen-bond acceptors (Lipinski definition) is 4. The molecule has 0 aliphatic rings. The molecule has 0 saturated carbocycles. The Morgan fingerprint density at radius 1 is 1.56 bits per heavy atom. The molecule has 16 heavy (non-hydrogen) atoms. The molecule has 0 bridgehead atoms. The van der Waals surface area contributed by atoms with E-state index in [0.29, 0.717) is 18.6 Å². The normalized spacial score (nSPS) is 9.56. The van der Waals surface area contributed by atoms with Crippen LogP contribution in [0.1, 0.15) is 12.5 Å². The Morgan fingerprint density at radius 3 is 2.94 bits per heavy atom. The summed E-state index contributed by atoms with van der Waals surface area (Å²) < 4.78 is 4.78. The molecule has 0 heterocycles. The molecule has 5 nitrogen and oxygen atoms in total. The van der Waals surface area contributed by atoms with Crippen molar-refractivity contribution in [3.63, 3.8) is 0 Å². The highest BCUT2D eigenvalue weighted by atomic mass is 16.5. The van der Waals surface area contributed by atoms with Crippen LogP contribution < -0.4 is 5.32 Å². The molecule has 0 radical (unpaired) electrons. The van der Waals surface area contributed by atoms with Crippen LogP contribution in [0.2, 0.25) is 0 Å². The largest absolute Gasteiger partial charge is 0.506 e. The summed E-state index contributed by atoms with van der Waals surface area (Å²) in [5.74, 6) is -0.384. The van der Waals surface area contributed by atoms with Gasteiger partial charge in [0.25, 0.3) is 0 Å². The Hall–Kier alpha value is -2.04. The Kier molecular flexibility index (Phi) is 4.32. The van der Waals surface area contributed by atoms with E-state index in [1.165, 1.54) is 12.1 Å². The Labute approximate surface area is 93.0 Å². The third-order valence-corrected chi connectivity index (χ3v) is 1.93. The number of rotatable bonds is 5. The van der Waals surface area contributed by atoms with E-state index in [2.05, 4.69) is 5.32 Å². The molecule has 0 atom stereocenters. The molecule has 0 aliphatic heterocycles. The third kappa shape index (κ3) is 3.27. The van der Waals surface area contributed by atoms with Crippen molar-refractivity contribution >= 4 is 18.1 Å². The summed E-state index contributed by atoms with van der Waals surface area (Å²) in [5, 5.41) is 11.7. The number of anilines is 1. The quantitative estimate of drug-likeness (QED) is 0.444. The molecule has 1 amide bonds. The number of carbonyl (C=O) groups is 2. The van der Waals surface area contributed by atoms with Crippen molar-refractivity contribution in [1.82, 2.24) is 0 Å². The first-order chi connectivity index (χ1) is 7.67. The Morgan fingerprint density at radius 2 is 2.31 bits per heavy atom. The highest BCUT2D eigenvalue weighted by molar-refractivity contribution is 5.77. The van der Waals surface area contributed by atoms with E-state index in [9.17, 15) is 14.7 Å². The standard InChI is InChI=1S/C11H13NO4/c1-2-16-11(15)6-8-3-4-10(14)9(5-8)12-7-13/h3-5,7,14H,2,6H2,1H3,(H,12,13). The van der Waals surface area contributed by atoms with Crippen LogP contribution in [0.25, 0.3) is 0 Å². The van der Waals surface area contributed by atoms with Crippen molar-refractivity contribution in [3.05, 3.63) is 23.8 Å².